The van der Waals surface area contributed by atoms with Gasteiger partial charge in [0.05, 0.1) is 12.2 Å². The Morgan fingerprint density at radius 2 is 2.03 bits per heavy atom. The molecule has 1 fully saturated rings. The summed E-state index contributed by atoms with van der Waals surface area (Å²) in [6, 6.07) is 11.1. The van der Waals surface area contributed by atoms with Crippen molar-refractivity contribution in [3.8, 4) is 11.1 Å². The van der Waals surface area contributed by atoms with Gasteiger partial charge in [-0.25, -0.2) is 0 Å². The zero-order valence-electron chi connectivity index (χ0n) is 18.3. The van der Waals surface area contributed by atoms with Gasteiger partial charge in [-0.1, -0.05) is 37.8 Å². The normalized spacial score (nSPS) is 18.1. The molecule has 4 nitrogen and oxygen atoms in total. The lowest BCUT2D eigenvalue weighted by Crippen LogP contribution is -2.37. The number of amides is 1. The predicted octanol–water partition coefficient (Wildman–Crippen LogP) is 5.73. The lowest BCUT2D eigenvalue weighted by molar-refractivity contribution is -0.127. The van der Waals surface area contributed by atoms with Crippen LogP contribution < -0.4 is 0 Å². The fourth-order valence-corrected chi connectivity index (χ4v) is 5.91. The van der Waals surface area contributed by atoms with Crippen molar-refractivity contribution >= 4 is 17.2 Å². The van der Waals surface area contributed by atoms with Crippen LogP contribution in [0.2, 0.25) is 0 Å². The molecule has 2 aliphatic rings. The van der Waals surface area contributed by atoms with Crippen LogP contribution in [-0.2, 0) is 24.3 Å². The third kappa shape index (κ3) is 3.65. The van der Waals surface area contributed by atoms with Gasteiger partial charge in [-0.15, -0.1) is 11.3 Å². The molecule has 5 heteroatoms. The van der Waals surface area contributed by atoms with Gasteiger partial charge in [-0.2, -0.15) is 5.10 Å². The number of aromatic nitrogens is 2. The molecule has 0 radical (unpaired) electrons. The Morgan fingerprint density at radius 3 is 2.74 bits per heavy atom. The Kier molecular flexibility index (Phi) is 5.30. The number of hydrogen-bond donors (Lipinski definition) is 0. The second-order valence-electron chi connectivity index (χ2n) is 8.57. The molecule has 1 aliphatic carbocycles. The monoisotopic (exact) mass is 431 g/mol. The highest BCUT2D eigenvalue weighted by atomic mass is 32.1. The van der Waals surface area contributed by atoms with E-state index in [2.05, 4.69) is 61.6 Å². The second-order valence-corrected chi connectivity index (χ2v) is 9.79. The number of aryl methyl sites for hydroxylation is 2. The van der Waals surface area contributed by atoms with Crippen LogP contribution >= 0.6 is 11.3 Å². The van der Waals surface area contributed by atoms with Crippen LogP contribution in [0.25, 0.3) is 11.1 Å². The van der Waals surface area contributed by atoms with E-state index in [-0.39, 0.29) is 11.8 Å². The van der Waals surface area contributed by atoms with Crippen LogP contribution in [0.15, 0.2) is 49.2 Å². The fraction of sp³-hybridized carbons (Fsp3) is 0.385. The number of nitrogens with zero attached hydrogens (tertiary/aromatic N) is 3. The maximum absolute atomic E-state index is 12.6. The zero-order valence-corrected chi connectivity index (χ0v) is 19.1. The molecule has 1 saturated carbocycles. The van der Waals surface area contributed by atoms with Crippen LogP contribution in [0, 0.1) is 0 Å². The molecule has 1 aromatic carbocycles. The summed E-state index contributed by atoms with van der Waals surface area (Å²) >= 11 is 1.85. The maximum Gasteiger partial charge on any atom is 0.246 e. The molecule has 1 aliphatic heterocycles. The number of thiophene rings is 1. The summed E-state index contributed by atoms with van der Waals surface area (Å²) in [5, 5.41) is 4.91. The minimum atomic E-state index is 0.0112. The Balaban J connectivity index is 1.64. The highest BCUT2D eigenvalue weighted by Gasteiger charge is 2.34. The molecule has 0 N–H and O–H groups in total. The molecule has 0 unspecified atom stereocenters. The first kappa shape index (κ1) is 20.3. The largest absolute Gasteiger partial charge is 0.333 e. The summed E-state index contributed by atoms with van der Waals surface area (Å²) in [7, 11) is 0. The van der Waals surface area contributed by atoms with Gasteiger partial charge in [-0.3, -0.25) is 9.48 Å². The first-order chi connectivity index (χ1) is 15.1. The van der Waals surface area contributed by atoms with Crippen LogP contribution in [0.4, 0.5) is 0 Å². The van der Waals surface area contributed by atoms with Crippen molar-refractivity contribution in [2.24, 2.45) is 0 Å². The summed E-state index contributed by atoms with van der Waals surface area (Å²) in [6.07, 6.45) is 7.15. The van der Waals surface area contributed by atoms with Crippen LogP contribution in [0.5, 0.6) is 0 Å². The van der Waals surface area contributed by atoms with Gasteiger partial charge >= 0.3 is 0 Å². The Labute approximate surface area is 188 Å². The quantitative estimate of drug-likeness (QED) is 0.467. The van der Waals surface area contributed by atoms with Gasteiger partial charge < -0.3 is 4.90 Å². The van der Waals surface area contributed by atoms with Crippen molar-refractivity contribution in [1.82, 2.24) is 14.7 Å². The third-order valence-electron chi connectivity index (χ3n) is 6.55. The van der Waals surface area contributed by atoms with E-state index in [1.807, 2.05) is 16.2 Å². The number of hydrogen-bond acceptors (Lipinski definition) is 3. The number of carbonyl (C=O) groups excluding carboxylic acids is 1. The van der Waals surface area contributed by atoms with Gasteiger partial charge in [0.25, 0.3) is 0 Å². The summed E-state index contributed by atoms with van der Waals surface area (Å²) in [4.78, 5) is 17.2. The van der Waals surface area contributed by atoms with E-state index in [9.17, 15) is 4.79 Å². The van der Waals surface area contributed by atoms with Crippen molar-refractivity contribution in [2.45, 2.75) is 58.0 Å². The summed E-state index contributed by atoms with van der Waals surface area (Å²) in [5.74, 6) is 0.763. The van der Waals surface area contributed by atoms with Gasteiger partial charge in [-0.05, 0) is 55.0 Å². The van der Waals surface area contributed by atoms with E-state index in [0.717, 1.165) is 13.0 Å². The fourth-order valence-electron chi connectivity index (χ4n) is 4.72. The molecule has 1 amide bonds. The molecule has 0 bridgehead atoms. The molecular weight excluding hydrogens is 402 g/mol. The molecule has 0 saturated heterocycles. The standard InChI is InChI=1S/C26H29N3OS/c1-4-18-13-21-22(14-28(25(30)5-2)16-24(21)31-18)19-9-7-8-10-20(19)23-15-29(6-3)27-26(23)17-11-12-17/h5,7-10,13,15,17,22H,2,4,6,11-12,14,16H2,1,3H3/t22-/m0/s1. The average Bonchev–Trinajstić information content (AvgIpc) is 3.42. The molecule has 2 aromatic heterocycles. The van der Waals surface area contributed by atoms with E-state index in [4.69, 9.17) is 5.10 Å². The van der Waals surface area contributed by atoms with Gasteiger partial charge in [0.15, 0.2) is 0 Å². The summed E-state index contributed by atoms with van der Waals surface area (Å²) < 4.78 is 2.07. The Morgan fingerprint density at radius 1 is 1.23 bits per heavy atom. The molecule has 3 aromatic rings. The molecule has 1 atom stereocenters. The lowest BCUT2D eigenvalue weighted by Gasteiger charge is -2.33. The van der Waals surface area contributed by atoms with E-state index < -0.39 is 0 Å². The highest BCUT2D eigenvalue weighted by Crippen LogP contribution is 2.47. The number of rotatable bonds is 6. The third-order valence-corrected chi connectivity index (χ3v) is 7.82. The molecule has 0 spiro atoms. The highest BCUT2D eigenvalue weighted by molar-refractivity contribution is 7.12. The van der Waals surface area contributed by atoms with Gasteiger partial charge in [0.1, 0.15) is 0 Å². The Hall–Kier alpha value is -2.66. The second kappa shape index (κ2) is 8.12. The van der Waals surface area contributed by atoms with Crippen LogP contribution in [0.1, 0.15) is 65.1 Å². The van der Waals surface area contributed by atoms with E-state index >= 15 is 0 Å². The van der Waals surface area contributed by atoms with Crippen LogP contribution in [0.3, 0.4) is 0 Å². The predicted molar refractivity (Wildman–Crippen MR) is 126 cm³/mol. The van der Waals surface area contributed by atoms with Crippen LogP contribution in [-0.4, -0.2) is 27.1 Å². The van der Waals surface area contributed by atoms with Crippen molar-refractivity contribution in [3.05, 3.63) is 75.8 Å². The van der Waals surface area contributed by atoms with E-state index in [1.165, 1.54) is 56.6 Å². The molecule has 160 valence electrons. The molecular formula is C26H29N3OS. The zero-order chi connectivity index (χ0) is 21.5. The smallest absolute Gasteiger partial charge is 0.246 e. The number of carbonyl (C=O) groups is 1. The number of fused-ring (bicyclic) bond motifs is 1. The topological polar surface area (TPSA) is 38.1 Å². The first-order valence-electron chi connectivity index (χ1n) is 11.3. The van der Waals surface area contributed by atoms with E-state index in [0.29, 0.717) is 19.0 Å². The van der Waals surface area contributed by atoms with E-state index in [1.54, 1.807) is 0 Å². The molecule has 5 rings (SSSR count). The Bertz CT molecular complexity index is 1140. The van der Waals surface area contributed by atoms with Crippen molar-refractivity contribution in [3.63, 3.8) is 0 Å². The lowest BCUT2D eigenvalue weighted by atomic mass is 9.83. The number of benzene rings is 1. The SMILES string of the molecule is C=CC(=O)N1Cc2sc(CC)cc2[C@H](c2ccccc2-c2cn(CC)nc2C2CC2)C1. The van der Waals surface area contributed by atoms with Crippen molar-refractivity contribution in [2.75, 3.05) is 6.54 Å². The average molecular weight is 432 g/mol. The van der Waals surface area contributed by atoms with Gasteiger partial charge in [0.2, 0.25) is 5.91 Å². The molecule has 3 heterocycles. The van der Waals surface area contributed by atoms with Crippen molar-refractivity contribution in [1.29, 1.82) is 0 Å². The minimum absolute atomic E-state index is 0.0112. The first-order valence-corrected chi connectivity index (χ1v) is 12.1. The summed E-state index contributed by atoms with van der Waals surface area (Å²) in [6.45, 7) is 10.3. The maximum atomic E-state index is 12.6. The summed E-state index contributed by atoms with van der Waals surface area (Å²) in [5.41, 5.74) is 6.45. The van der Waals surface area contributed by atoms with Gasteiger partial charge in [0, 0.05) is 46.4 Å². The van der Waals surface area contributed by atoms with Crippen molar-refractivity contribution < 1.29 is 4.79 Å². The molecule has 31 heavy (non-hydrogen) atoms. The minimum Gasteiger partial charge on any atom is -0.333 e.